The fourth-order valence-corrected chi connectivity index (χ4v) is 5.12. The Morgan fingerprint density at radius 2 is 1.49 bits per heavy atom. The first-order chi connectivity index (χ1) is 21.1. The third-order valence-electron chi connectivity index (χ3n) is 7.75. The highest BCUT2D eigenvalue weighted by atomic mass is 16.5. The molecule has 0 saturated carbocycles. The van der Waals surface area contributed by atoms with Crippen LogP contribution in [0.4, 0.5) is 0 Å². The molecule has 0 aliphatic rings. The molecule has 248 valence electrons. The number of nitriles is 1. The molecular weight excluding hydrogens is 540 g/mol. The van der Waals surface area contributed by atoms with Crippen molar-refractivity contribution in [1.29, 1.82) is 5.26 Å². The molecule has 9 nitrogen and oxygen atoms in total. The van der Waals surface area contributed by atoms with Crippen molar-refractivity contribution in [3.05, 3.63) is 0 Å². The summed E-state index contributed by atoms with van der Waals surface area (Å²) in [4.78, 5) is 29.5. The molecule has 0 aromatic rings. The van der Waals surface area contributed by atoms with Crippen LogP contribution >= 0.6 is 0 Å². The fourth-order valence-electron chi connectivity index (χ4n) is 5.12. The molecule has 0 aromatic heterocycles. The van der Waals surface area contributed by atoms with E-state index >= 15 is 0 Å². The largest absolute Gasteiger partial charge is 0.462 e. The minimum Gasteiger partial charge on any atom is -0.462 e. The zero-order valence-electron chi connectivity index (χ0n) is 27.8. The topological polar surface area (TPSA) is 119 Å². The van der Waals surface area contributed by atoms with Crippen molar-refractivity contribution in [2.75, 3.05) is 32.8 Å². The van der Waals surface area contributed by atoms with Crippen molar-refractivity contribution < 1.29 is 14.3 Å². The zero-order chi connectivity index (χ0) is 31.6. The number of aliphatic imine (C=N–C) groups is 1. The molecule has 9 heteroatoms. The summed E-state index contributed by atoms with van der Waals surface area (Å²) in [6.45, 7) is 12.1. The minimum atomic E-state index is -0.0213. The number of aldehydes is 1. The molecule has 0 aliphatic carbocycles. The van der Waals surface area contributed by atoms with Gasteiger partial charge in [-0.2, -0.15) is 10.4 Å². The number of unbranched alkanes of at least 4 members (excludes halogenated alkanes) is 14. The van der Waals surface area contributed by atoms with Gasteiger partial charge >= 0.3 is 5.97 Å². The van der Waals surface area contributed by atoms with Crippen molar-refractivity contribution in [3.63, 3.8) is 0 Å². The lowest BCUT2D eigenvalue weighted by Crippen LogP contribution is -2.30. The van der Waals surface area contributed by atoms with Crippen molar-refractivity contribution in [1.82, 2.24) is 15.6 Å². The molecule has 0 bridgehead atoms. The van der Waals surface area contributed by atoms with Gasteiger partial charge in [0, 0.05) is 19.6 Å². The molecule has 0 heterocycles. The first-order valence-corrected chi connectivity index (χ1v) is 17.3. The molecule has 0 aliphatic heterocycles. The second kappa shape index (κ2) is 32.6. The van der Waals surface area contributed by atoms with E-state index in [1.165, 1.54) is 64.2 Å². The van der Waals surface area contributed by atoms with Crippen molar-refractivity contribution in [3.8, 4) is 6.07 Å². The summed E-state index contributed by atoms with van der Waals surface area (Å²) in [5.74, 6) is 0.134. The average molecular weight is 605 g/mol. The Morgan fingerprint density at radius 3 is 2.12 bits per heavy atom. The van der Waals surface area contributed by atoms with Crippen LogP contribution in [0.5, 0.6) is 0 Å². The summed E-state index contributed by atoms with van der Waals surface area (Å²) in [5, 5.41) is 15.7. The van der Waals surface area contributed by atoms with E-state index in [0.717, 1.165) is 90.3 Å². The van der Waals surface area contributed by atoms with Crippen LogP contribution in [0.25, 0.3) is 0 Å². The van der Waals surface area contributed by atoms with Gasteiger partial charge in [0.25, 0.3) is 0 Å². The van der Waals surface area contributed by atoms with Crippen molar-refractivity contribution >= 4 is 24.8 Å². The SMILES string of the molecule is C=NN/C(C#N)=N\CNCCCN(CCCCCCCC=O)CCCCCCCC(=O)OC(CC)CCCCCCCC. The van der Waals surface area contributed by atoms with Gasteiger partial charge in [-0.1, -0.05) is 84.5 Å². The maximum Gasteiger partial charge on any atom is 0.306 e. The number of carbonyl (C=O) groups excluding carboxylic acids is 2. The van der Waals surface area contributed by atoms with Gasteiger partial charge in [-0.05, 0) is 77.5 Å². The fraction of sp³-hybridized carbons (Fsp3) is 0.853. The molecule has 1 unspecified atom stereocenters. The van der Waals surface area contributed by atoms with E-state index in [4.69, 9.17) is 10.00 Å². The number of ether oxygens (including phenoxy) is 1. The molecular formula is C34H64N6O3. The van der Waals surface area contributed by atoms with Gasteiger partial charge in [-0.15, -0.1) is 0 Å². The van der Waals surface area contributed by atoms with Crippen molar-refractivity contribution in [2.24, 2.45) is 10.1 Å². The second-order valence-corrected chi connectivity index (χ2v) is 11.6. The van der Waals surface area contributed by atoms with E-state index < -0.39 is 0 Å². The quantitative estimate of drug-likeness (QED) is 0.0206. The smallest absolute Gasteiger partial charge is 0.306 e. The second-order valence-electron chi connectivity index (χ2n) is 11.6. The molecule has 0 saturated heterocycles. The van der Waals surface area contributed by atoms with Crippen LogP contribution in [-0.2, 0) is 14.3 Å². The lowest BCUT2D eigenvalue weighted by molar-refractivity contribution is -0.149. The van der Waals surface area contributed by atoms with Gasteiger partial charge < -0.3 is 14.4 Å². The van der Waals surface area contributed by atoms with E-state index in [1.807, 2.05) is 6.07 Å². The number of nitrogens with one attached hydrogen (secondary N) is 2. The highest BCUT2D eigenvalue weighted by Crippen LogP contribution is 2.15. The Morgan fingerprint density at radius 1 is 0.884 bits per heavy atom. The Hall–Kier alpha value is -2.31. The lowest BCUT2D eigenvalue weighted by Gasteiger charge is -2.22. The predicted molar refractivity (Wildman–Crippen MR) is 179 cm³/mol. The third kappa shape index (κ3) is 28.2. The van der Waals surface area contributed by atoms with Crippen LogP contribution < -0.4 is 10.7 Å². The van der Waals surface area contributed by atoms with Gasteiger partial charge in [0.2, 0.25) is 5.84 Å². The zero-order valence-corrected chi connectivity index (χ0v) is 27.8. The van der Waals surface area contributed by atoms with Crippen LogP contribution in [-0.4, -0.2) is 68.7 Å². The van der Waals surface area contributed by atoms with Gasteiger partial charge in [0.1, 0.15) is 18.5 Å². The summed E-state index contributed by atoms with van der Waals surface area (Å²) in [6, 6.07) is 1.94. The molecule has 0 fully saturated rings. The molecule has 2 N–H and O–H groups in total. The molecule has 0 spiro atoms. The van der Waals surface area contributed by atoms with Gasteiger partial charge in [-0.25, -0.2) is 4.99 Å². The molecule has 0 rings (SSSR count). The maximum absolute atomic E-state index is 12.3. The number of nitrogens with zero attached hydrogens (tertiary/aromatic N) is 4. The van der Waals surface area contributed by atoms with Crippen LogP contribution in [0.2, 0.25) is 0 Å². The first-order valence-electron chi connectivity index (χ1n) is 17.3. The van der Waals surface area contributed by atoms with Gasteiger partial charge in [0.05, 0.1) is 6.67 Å². The summed E-state index contributed by atoms with van der Waals surface area (Å²) < 4.78 is 5.75. The third-order valence-corrected chi connectivity index (χ3v) is 7.75. The number of carbonyl (C=O) groups is 2. The van der Waals surface area contributed by atoms with Crippen molar-refractivity contribution in [2.45, 2.75) is 155 Å². The maximum atomic E-state index is 12.3. The summed E-state index contributed by atoms with van der Waals surface area (Å²) in [7, 11) is 0. The van der Waals surface area contributed by atoms with Crippen LogP contribution in [0.1, 0.15) is 149 Å². The van der Waals surface area contributed by atoms with Crippen LogP contribution in [0, 0.1) is 11.3 Å². The summed E-state index contributed by atoms with van der Waals surface area (Å²) >= 11 is 0. The molecule has 0 amide bonds. The molecule has 0 aromatic carbocycles. The Balaban J connectivity index is 4.17. The summed E-state index contributed by atoms with van der Waals surface area (Å²) in [5.41, 5.74) is 2.47. The van der Waals surface area contributed by atoms with E-state index in [0.29, 0.717) is 19.5 Å². The van der Waals surface area contributed by atoms with Crippen LogP contribution in [0.15, 0.2) is 10.1 Å². The highest BCUT2D eigenvalue weighted by molar-refractivity contribution is 5.96. The molecule has 43 heavy (non-hydrogen) atoms. The standard InChI is InChI=1S/C34H64N6O3/c1-4-6-7-8-12-17-23-32(5-2)43-34(42)24-18-13-11-15-20-27-40(26-19-14-9-10-16-21-29-41)28-22-25-37-31-38-33(30-35)39-36-3/h29,32,37H,3-28,31H2,1-2H3,(H,38,39). The highest BCUT2D eigenvalue weighted by Gasteiger charge is 2.12. The Kier molecular flexibility index (Phi) is 30.8. The van der Waals surface area contributed by atoms with E-state index in [9.17, 15) is 9.59 Å². The Labute approximate surface area is 263 Å². The average Bonchev–Trinajstić information content (AvgIpc) is 3.01. The van der Waals surface area contributed by atoms with Gasteiger partial charge in [0.15, 0.2) is 0 Å². The first kappa shape index (κ1) is 40.7. The minimum absolute atomic E-state index is 0.0213. The monoisotopic (exact) mass is 605 g/mol. The number of hydrazone groups is 1. The summed E-state index contributed by atoms with van der Waals surface area (Å²) in [6.07, 6.45) is 24.1. The van der Waals surface area contributed by atoms with Crippen LogP contribution in [0.3, 0.4) is 0 Å². The number of amidine groups is 1. The number of esters is 1. The number of hydrogen-bond donors (Lipinski definition) is 2. The van der Waals surface area contributed by atoms with Gasteiger partial charge in [-0.3, -0.25) is 15.5 Å². The Bertz CT molecular complexity index is 740. The normalized spacial score (nSPS) is 12.2. The molecule has 0 radical (unpaired) electrons. The number of hydrogen-bond acceptors (Lipinski definition) is 8. The van der Waals surface area contributed by atoms with E-state index in [-0.39, 0.29) is 17.9 Å². The number of rotatable bonds is 32. The van der Waals surface area contributed by atoms with E-state index in [1.54, 1.807) is 0 Å². The predicted octanol–water partition coefficient (Wildman–Crippen LogP) is 7.31. The lowest BCUT2D eigenvalue weighted by atomic mass is 10.1. The molecule has 1 atom stereocenters. The van der Waals surface area contributed by atoms with E-state index in [2.05, 4.69) is 46.3 Å².